The fraction of sp³-hybridized carbons (Fsp3) is 0.346. The van der Waals surface area contributed by atoms with Gasteiger partial charge in [-0.3, -0.25) is 4.79 Å². The summed E-state index contributed by atoms with van der Waals surface area (Å²) in [6, 6.07) is 11.6. The summed E-state index contributed by atoms with van der Waals surface area (Å²) < 4.78 is 22.6. The van der Waals surface area contributed by atoms with E-state index in [1.54, 1.807) is 19.3 Å². The largest absolute Gasteiger partial charge is 0.493 e. The molecule has 4 rings (SSSR count). The molecule has 2 aliphatic heterocycles. The molecule has 6 heteroatoms. The summed E-state index contributed by atoms with van der Waals surface area (Å²) in [5.74, 6) is 2.79. The Bertz CT molecular complexity index is 1000. The fourth-order valence-electron chi connectivity index (χ4n) is 4.08. The van der Waals surface area contributed by atoms with Crippen LogP contribution in [0.3, 0.4) is 0 Å². The van der Waals surface area contributed by atoms with Crippen molar-refractivity contribution in [1.29, 1.82) is 0 Å². The SMILES string of the molecule is C=CCOc1ccc(/C=C/C(=O)N2CCCC2c2ccc3c(c2)OCCCO3)cc1OC. The van der Waals surface area contributed by atoms with Crippen LogP contribution >= 0.6 is 0 Å². The number of nitrogens with zero attached hydrogens (tertiary/aromatic N) is 1. The molecule has 0 spiro atoms. The second-order valence-corrected chi connectivity index (χ2v) is 7.79. The fourth-order valence-corrected chi connectivity index (χ4v) is 4.08. The van der Waals surface area contributed by atoms with Gasteiger partial charge in [-0.05, 0) is 54.3 Å². The molecule has 0 radical (unpaired) electrons. The highest BCUT2D eigenvalue weighted by Gasteiger charge is 2.29. The third-order valence-electron chi connectivity index (χ3n) is 5.65. The van der Waals surface area contributed by atoms with Gasteiger partial charge in [0.05, 0.1) is 26.4 Å². The van der Waals surface area contributed by atoms with Crippen molar-refractivity contribution in [2.24, 2.45) is 0 Å². The number of carbonyl (C=O) groups is 1. The number of rotatable bonds is 7. The van der Waals surface area contributed by atoms with E-state index in [1.807, 2.05) is 47.4 Å². The topological polar surface area (TPSA) is 57.2 Å². The lowest BCUT2D eigenvalue weighted by molar-refractivity contribution is -0.126. The van der Waals surface area contributed by atoms with Gasteiger partial charge in [0.1, 0.15) is 6.61 Å². The van der Waals surface area contributed by atoms with Gasteiger partial charge in [0.25, 0.3) is 0 Å². The third-order valence-corrected chi connectivity index (χ3v) is 5.65. The first-order chi connectivity index (χ1) is 15.7. The minimum absolute atomic E-state index is 0.00874. The Morgan fingerprint density at radius 3 is 2.78 bits per heavy atom. The summed E-state index contributed by atoms with van der Waals surface area (Å²) in [6.07, 6.45) is 7.90. The summed E-state index contributed by atoms with van der Waals surface area (Å²) in [5.41, 5.74) is 1.95. The summed E-state index contributed by atoms with van der Waals surface area (Å²) in [6.45, 7) is 6.11. The van der Waals surface area contributed by atoms with Crippen LogP contribution in [0, 0.1) is 0 Å². The predicted molar refractivity (Wildman–Crippen MR) is 123 cm³/mol. The molecule has 1 saturated heterocycles. The Morgan fingerprint density at radius 2 is 1.97 bits per heavy atom. The molecule has 32 heavy (non-hydrogen) atoms. The molecular weight excluding hydrogens is 406 g/mol. The first-order valence-electron chi connectivity index (χ1n) is 11.0. The van der Waals surface area contributed by atoms with Gasteiger partial charge in [-0.25, -0.2) is 0 Å². The van der Waals surface area contributed by atoms with Crippen molar-refractivity contribution in [2.75, 3.05) is 33.5 Å². The standard InChI is InChI=1S/C26H29NO5/c1-3-14-30-22-10-7-19(17-24(22)29-2)8-12-26(28)27-13-4-6-21(27)20-9-11-23-25(18-20)32-16-5-15-31-23/h3,7-12,17-18,21H,1,4-6,13-16H2,2H3/b12-8+. The summed E-state index contributed by atoms with van der Waals surface area (Å²) >= 11 is 0. The molecule has 6 nitrogen and oxygen atoms in total. The predicted octanol–water partition coefficient (Wildman–Crippen LogP) is 4.80. The molecule has 0 aromatic heterocycles. The molecule has 2 heterocycles. The Balaban J connectivity index is 1.47. The number of ether oxygens (including phenoxy) is 4. The van der Waals surface area contributed by atoms with E-state index in [4.69, 9.17) is 18.9 Å². The Hall–Kier alpha value is -3.41. The highest BCUT2D eigenvalue weighted by Crippen LogP contribution is 2.38. The van der Waals surface area contributed by atoms with Crippen LogP contribution in [-0.2, 0) is 4.79 Å². The summed E-state index contributed by atoms with van der Waals surface area (Å²) in [5, 5.41) is 0. The number of benzene rings is 2. The van der Waals surface area contributed by atoms with Crippen molar-refractivity contribution in [3.8, 4) is 23.0 Å². The second kappa shape index (κ2) is 10.3. The maximum absolute atomic E-state index is 13.0. The minimum atomic E-state index is -0.00874. The molecule has 1 amide bonds. The Labute approximate surface area is 189 Å². The smallest absolute Gasteiger partial charge is 0.247 e. The number of likely N-dealkylation sites (tertiary alicyclic amines) is 1. The van der Waals surface area contributed by atoms with Crippen LogP contribution in [-0.4, -0.2) is 44.3 Å². The van der Waals surface area contributed by atoms with Crippen molar-refractivity contribution in [3.05, 3.63) is 66.3 Å². The normalized spacial score (nSPS) is 17.8. The van der Waals surface area contributed by atoms with E-state index in [-0.39, 0.29) is 11.9 Å². The molecule has 0 saturated carbocycles. The minimum Gasteiger partial charge on any atom is -0.493 e. The zero-order valence-corrected chi connectivity index (χ0v) is 18.4. The van der Waals surface area contributed by atoms with E-state index in [0.29, 0.717) is 31.3 Å². The van der Waals surface area contributed by atoms with Gasteiger partial charge >= 0.3 is 0 Å². The van der Waals surface area contributed by atoms with Gasteiger partial charge < -0.3 is 23.8 Å². The number of methoxy groups -OCH3 is 1. The van der Waals surface area contributed by atoms with Crippen molar-refractivity contribution >= 4 is 12.0 Å². The van der Waals surface area contributed by atoms with Crippen LogP contribution in [0.15, 0.2) is 55.1 Å². The molecule has 0 aliphatic carbocycles. The number of hydrogen-bond acceptors (Lipinski definition) is 5. The van der Waals surface area contributed by atoms with E-state index >= 15 is 0 Å². The van der Waals surface area contributed by atoms with Crippen LogP contribution in [0.1, 0.15) is 36.4 Å². The average Bonchev–Trinajstić information content (AvgIpc) is 3.20. The molecule has 1 atom stereocenters. The molecule has 1 fully saturated rings. The molecule has 2 aromatic rings. The van der Waals surface area contributed by atoms with E-state index in [0.717, 1.165) is 48.4 Å². The quantitative estimate of drug-likeness (QED) is 0.462. The molecule has 2 aromatic carbocycles. The first kappa shape index (κ1) is 21.8. The van der Waals surface area contributed by atoms with E-state index in [1.165, 1.54) is 0 Å². The van der Waals surface area contributed by atoms with Crippen LogP contribution in [0.25, 0.3) is 6.08 Å². The zero-order valence-electron chi connectivity index (χ0n) is 18.4. The highest BCUT2D eigenvalue weighted by molar-refractivity contribution is 5.92. The van der Waals surface area contributed by atoms with Gasteiger partial charge in [0.15, 0.2) is 23.0 Å². The van der Waals surface area contributed by atoms with Gasteiger partial charge in [-0.1, -0.05) is 24.8 Å². The Kier molecular flexibility index (Phi) is 7.00. The molecule has 0 bridgehead atoms. The summed E-state index contributed by atoms with van der Waals surface area (Å²) in [7, 11) is 1.60. The van der Waals surface area contributed by atoms with Crippen LogP contribution in [0.2, 0.25) is 0 Å². The van der Waals surface area contributed by atoms with Crippen molar-refractivity contribution in [3.63, 3.8) is 0 Å². The number of amides is 1. The van der Waals surface area contributed by atoms with Gasteiger partial charge in [-0.2, -0.15) is 0 Å². The van der Waals surface area contributed by atoms with Crippen LogP contribution in [0.5, 0.6) is 23.0 Å². The highest BCUT2D eigenvalue weighted by atomic mass is 16.5. The van der Waals surface area contributed by atoms with Crippen LogP contribution < -0.4 is 18.9 Å². The molecular formula is C26H29NO5. The maximum Gasteiger partial charge on any atom is 0.247 e. The van der Waals surface area contributed by atoms with E-state index < -0.39 is 0 Å². The molecule has 1 unspecified atom stereocenters. The second-order valence-electron chi connectivity index (χ2n) is 7.79. The zero-order chi connectivity index (χ0) is 22.3. The lowest BCUT2D eigenvalue weighted by Crippen LogP contribution is -2.28. The molecule has 168 valence electrons. The number of hydrogen-bond donors (Lipinski definition) is 0. The lowest BCUT2D eigenvalue weighted by atomic mass is 10.0. The van der Waals surface area contributed by atoms with Gasteiger partial charge in [0.2, 0.25) is 5.91 Å². The molecule has 2 aliphatic rings. The average molecular weight is 436 g/mol. The third kappa shape index (κ3) is 4.90. The van der Waals surface area contributed by atoms with E-state index in [2.05, 4.69) is 6.58 Å². The number of carbonyl (C=O) groups excluding carboxylic acids is 1. The van der Waals surface area contributed by atoms with Gasteiger partial charge in [-0.15, -0.1) is 0 Å². The maximum atomic E-state index is 13.0. The van der Waals surface area contributed by atoms with Crippen molar-refractivity contribution in [1.82, 2.24) is 4.90 Å². The van der Waals surface area contributed by atoms with Crippen molar-refractivity contribution in [2.45, 2.75) is 25.3 Å². The Morgan fingerprint density at radius 1 is 1.12 bits per heavy atom. The molecule has 0 N–H and O–H groups in total. The van der Waals surface area contributed by atoms with E-state index in [9.17, 15) is 4.79 Å². The monoisotopic (exact) mass is 435 g/mol. The van der Waals surface area contributed by atoms with Crippen LogP contribution in [0.4, 0.5) is 0 Å². The summed E-state index contributed by atoms with van der Waals surface area (Å²) in [4.78, 5) is 15.0. The van der Waals surface area contributed by atoms with Gasteiger partial charge in [0, 0.05) is 19.0 Å². The number of fused-ring (bicyclic) bond motifs is 1. The first-order valence-corrected chi connectivity index (χ1v) is 11.0. The lowest BCUT2D eigenvalue weighted by Gasteiger charge is -2.24. The van der Waals surface area contributed by atoms with Crippen molar-refractivity contribution < 1.29 is 23.7 Å².